The molecule has 3 aromatic carbocycles. The number of nitrogens with zero attached hydrogens (tertiary/aromatic N) is 3. The molecule has 0 saturated carbocycles. The maximum Gasteiger partial charge on any atom is 0.143 e. The zero-order chi connectivity index (χ0) is 19.8. The molecule has 0 unspecified atom stereocenters. The molecular weight excluding hydrogens is 409 g/mol. The number of hydrogen-bond donors (Lipinski definition) is 2. The van der Waals surface area contributed by atoms with Gasteiger partial charge in [-0.1, -0.05) is 55.1 Å². The third-order valence-corrected chi connectivity index (χ3v) is 3.96. The molecule has 6 heteroatoms. The number of aromatic nitrogens is 1. The van der Waals surface area contributed by atoms with E-state index in [4.69, 9.17) is 0 Å². The summed E-state index contributed by atoms with van der Waals surface area (Å²) in [6, 6.07) is 21.5. The molecule has 0 radical (unpaired) electrons. The van der Waals surface area contributed by atoms with Gasteiger partial charge < -0.3 is 10.2 Å². The topological polar surface area (TPSA) is 78.1 Å². The summed E-state index contributed by atoms with van der Waals surface area (Å²) in [6.07, 6.45) is 5.29. The van der Waals surface area contributed by atoms with Crippen molar-refractivity contribution in [2.45, 2.75) is 0 Å². The Balaban J connectivity index is 0.000000283. The number of para-hydroxylation sites is 1. The number of hydrogen-bond acceptors (Lipinski definition) is 5. The van der Waals surface area contributed by atoms with Gasteiger partial charge in [0.2, 0.25) is 0 Å². The summed E-state index contributed by atoms with van der Waals surface area (Å²) in [5.41, 5.74) is 1.87. The molecule has 2 N–H and O–H groups in total. The number of benzene rings is 3. The van der Waals surface area contributed by atoms with Crippen LogP contribution in [0.4, 0.5) is 11.4 Å². The van der Waals surface area contributed by atoms with E-state index in [9.17, 15) is 10.2 Å². The molecule has 0 saturated heterocycles. The third kappa shape index (κ3) is 5.74. The van der Waals surface area contributed by atoms with E-state index < -0.39 is 0 Å². The van der Waals surface area contributed by atoms with Crippen LogP contribution in [0.15, 0.2) is 102 Å². The van der Waals surface area contributed by atoms with Crippen LogP contribution in [0.5, 0.6) is 11.5 Å². The van der Waals surface area contributed by atoms with Crippen LogP contribution >= 0.6 is 0 Å². The number of pyridine rings is 1. The minimum atomic E-state index is 0. The van der Waals surface area contributed by atoms with Crippen molar-refractivity contribution in [1.82, 2.24) is 4.98 Å². The second kappa shape index (κ2) is 10.7. The SMILES string of the molecule is C=Cc1ccncc1.Oc1ccccc1N=Nc1c(O)ccc2ccccc12.[Ni]. The van der Waals surface area contributed by atoms with Gasteiger partial charge in [0.15, 0.2) is 0 Å². The smallest absolute Gasteiger partial charge is 0.143 e. The van der Waals surface area contributed by atoms with Crippen molar-refractivity contribution < 1.29 is 26.7 Å². The fourth-order valence-corrected chi connectivity index (χ4v) is 2.50. The number of fused-ring (bicyclic) bond motifs is 1. The van der Waals surface area contributed by atoms with Gasteiger partial charge >= 0.3 is 0 Å². The second-order valence-corrected chi connectivity index (χ2v) is 5.83. The van der Waals surface area contributed by atoms with E-state index in [1.807, 2.05) is 42.5 Å². The Hall–Kier alpha value is -3.50. The van der Waals surface area contributed by atoms with Crippen LogP contribution in [0.1, 0.15) is 5.56 Å². The fraction of sp³-hybridized carbons (Fsp3) is 0. The summed E-state index contributed by atoms with van der Waals surface area (Å²) in [4.78, 5) is 3.85. The van der Waals surface area contributed by atoms with E-state index in [-0.39, 0.29) is 28.0 Å². The Labute approximate surface area is 179 Å². The number of rotatable bonds is 3. The van der Waals surface area contributed by atoms with Crippen molar-refractivity contribution in [3.05, 3.63) is 97.3 Å². The molecule has 1 heterocycles. The molecule has 0 bridgehead atoms. The van der Waals surface area contributed by atoms with E-state index in [0.717, 1.165) is 16.3 Å². The molecule has 29 heavy (non-hydrogen) atoms. The Morgan fingerprint density at radius 1 is 0.759 bits per heavy atom. The third-order valence-electron chi connectivity index (χ3n) is 3.96. The van der Waals surface area contributed by atoms with Crippen LogP contribution in [0.3, 0.4) is 0 Å². The van der Waals surface area contributed by atoms with E-state index >= 15 is 0 Å². The Morgan fingerprint density at radius 2 is 1.45 bits per heavy atom. The van der Waals surface area contributed by atoms with Gasteiger partial charge in [-0.2, -0.15) is 0 Å². The first-order valence-corrected chi connectivity index (χ1v) is 8.62. The Kier molecular flexibility index (Phi) is 8.07. The Bertz CT molecular complexity index is 1120. The minimum Gasteiger partial charge on any atom is -0.506 e. The number of aromatic hydroxyl groups is 2. The van der Waals surface area contributed by atoms with Gasteiger partial charge in [-0.05, 0) is 41.3 Å². The zero-order valence-corrected chi connectivity index (χ0v) is 16.4. The minimum absolute atomic E-state index is 0. The van der Waals surface area contributed by atoms with E-state index in [1.165, 1.54) is 6.07 Å². The average Bonchev–Trinajstić information content (AvgIpc) is 2.75. The van der Waals surface area contributed by atoms with Gasteiger partial charge in [-0.25, -0.2) is 0 Å². The normalized spacial score (nSPS) is 10.1. The fourth-order valence-electron chi connectivity index (χ4n) is 2.50. The van der Waals surface area contributed by atoms with Gasteiger partial charge in [0.1, 0.15) is 22.9 Å². The molecule has 4 rings (SSSR count). The molecule has 0 aliphatic carbocycles. The molecule has 0 spiro atoms. The summed E-state index contributed by atoms with van der Waals surface area (Å²) in [5, 5.41) is 29.5. The molecular formula is C23H19N3NiO2. The molecule has 0 amide bonds. The van der Waals surface area contributed by atoms with Crippen molar-refractivity contribution in [2.75, 3.05) is 0 Å². The second-order valence-electron chi connectivity index (χ2n) is 5.83. The summed E-state index contributed by atoms with van der Waals surface area (Å²) < 4.78 is 0. The van der Waals surface area contributed by atoms with Gasteiger partial charge in [0.25, 0.3) is 0 Å². The summed E-state index contributed by atoms with van der Waals surface area (Å²) >= 11 is 0. The van der Waals surface area contributed by atoms with Crippen molar-refractivity contribution in [1.29, 1.82) is 0 Å². The van der Waals surface area contributed by atoms with E-state index in [1.54, 1.807) is 42.7 Å². The van der Waals surface area contributed by atoms with Crippen molar-refractivity contribution in [3.63, 3.8) is 0 Å². The van der Waals surface area contributed by atoms with Crippen molar-refractivity contribution in [3.8, 4) is 11.5 Å². The largest absolute Gasteiger partial charge is 0.506 e. The van der Waals surface area contributed by atoms with Crippen LogP contribution in [-0.2, 0) is 16.5 Å². The molecule has 4 aromatic rings. The average molecular weight is 428 g/mol. The standard InChI is InChI=1S/C16H12N2O2.C7H7N.Ni/c19-14-8-4-3-7-13(14)17-18-16-12-6-2-1-5-11(12)9-10-15(16)20;1-2-7-3-5-8-6-4-7;/h1-10,19-20H;2-6H,1H2;. The Morgan fingerprint density at radius 3 is 2.14 bits per heavy atom. The summed E-state index contributed by atoms with van der Waals surface area (Å²) in [5.74, 6) is 0.110. The maximum absolute atomic E-state index is 9.94. The molecule has 0 aliphatic heterocycles. The molecule has 5 nitrogen and oxygen atoms in total. The van der Waals surface area contributed by atoms with Gasteiger partial charge in [0.05, 0.1) is 0 Å². The number of azo groups is 1. The van der Waals surface area contributed by atoms with Gasteiger partial charge in [-0.3, -0.25) is 4.98 Å². The van der Waals surface area contributed by atoms with Gasteiger partial charge in [-0.15, -0.1) is 10.2 Å². The number of phenols is 2. The number of phenolic OH excluding ortho intramolecular Hbond substituents is 2. The monoisotopic (exact) mass is 427 g/mol. The predicted octanol–water partition coefficient (Wildman–Crippen LogP) is 6.39. The van der Waals surface area contributed by atoms with E-state index in [0.29, 0.717) is 11.4 Å². The van der Waals surface area contributed by atoms with Crippen LogP contribution in [0.2, 0.25) is 0 Å². The summed E-state index contributed by atoms with van der Waals surface area (Å²) in [6.45, 7) is 3.60. The van der Waals surface area contributed by atoms with Crippen LogP contribution in [0, 0.1) is 0 Å². The summed E-state index contributed by atoms with van der Waals surface area (Å²) in [7, 11) is 0. The molecule has 0 atom stereocenters. The predicted molar refractivity (Wildman–Crippen MR) is 112 cm³/mol. The van der Waals surface area contributed by atoms with Crippen LogP contribution in [-0.4, -0.2) is 15.2 Å². The first-order valence-electron chi connectivity index (χ1n) is 8.62. The first kappa shape index (κ1) is 21.8. The molecule has 148 valence electrons. The van der Waals surface area contributed by atoms with Crippen molar-refractivity contribution >= 4 is 28.2 Å². The maximum atomic E-state index is 9.94. The quantitative estimate of drug-likeness (QED) is 0.293. The van der Waals surface area contributed by atoms with Crippen LogP contribution in [0.25, 0.3) is 16.8 Å². The van der Waals surface area contributed by atoms with E-state index in [2.05, 4.69) is 21.8 Å². The van der Waals surface area contributed by atoms with Crippen LogP contribution < -0.4 is 0 Å². The molecule has 1 aromatic heterocycles. The molecule has 0 fully saturated rings. The molecule has 0 aliphatic rings. The first-order chi connectivity index (χ1) is 13.7. The zero-order valence-electron chi connectivity index (χ0n) is 15.4. The van der Waals surface area contributed by atoms with Gasteiger partial charge in [0, 0.05) is 34.3 Å². The van der Waals surface area contributed by atoms with Crippen molar-refractivity contribution in [2.24, 2.45) is 10.2 Å².